The van der Waals surface area contributed by atoms with Gasteiger partial charge in [0.1, 0.15) is 0 Å². The van der Waals surface area contributed by atoms with Crippen molar-refractivity contribution in [1.29, 1.82) is 0 Å². The molecule has 2 N–H and O–H groups in total. The Morgan fingerprint density at radius 1 is 1.67 bits per heavy atom. The summed E-state index contributed by atoms with van der Waals surface area (Å²) in [5.41, 5.74) is 4.21. The molecule has 0 atom stereocenters. The Kier molecular flexibility index (Phi) is 1.48. The van der Waals surface area contributed by atoms with Gasteiger partial charge < -0.3 is 5.32 Å². The predicted octanol–water partition coefficient (Wildman–Crippen LogP) is 0.354. The second-order valence-corrected chi connectivity index (χ2v) is 2.15. The van der Waals surface area contributed by atoms with Gasteiger partial charge in [-0.3, -0.25) is 5.43 Å². The van der Waals surface area contributed by atoms with Crippen LogP contribution in [0.25, 0.3) is 0 Å². The highest BCUT2D eigenvalue weighted by atomic mass is 32.1. The van der Waals surface area contributed by atoms with E-state index in [1.807, 2.05) is 6.92 Å². The average Bonchev–Trinajstić information content (AvgIpc) is 1.80. The van der Waals surface area contributed by atoms with Gasteiger partial charge in [-0.2, -0.15) is 5.10 Å². The van der Waals surface area contributed by atoms with Crippen LogP contribution in [0.5, 0.6) is 0 Å². The van der Waals surface area contributed by atoms with Gasteiger partial charge in [-0.05, 0) is 19.1 Å². The summed E-state index contributed by atoms with van der Waals surface area (Å²) in [5.74, 6) is 0. The third-order valence-corrected chi connectivity index (χ3v) is 1.22. The molecule has 0 amide bonds. The number of rotatable bonds is 0. The molecule has 0 unspecified atom stereocenters. The van der Waals surface area contributed by atoms with Crippen molar-refractivity contribution < 1.29 is 0 Å². The Morgan fingerprint density at radius 2 is 2.33 bits per heavy atom. The van der Waals surface area contributed by atoms with Gasteiger partial charge in [-0.25, -0.2) is 0 Å². The Morgan fingerprint density at radius 3 is 2.78 bits per heavy atom. The van der Waals surface area contributed by atoms with Crippen LogP contribution in [0, 0.1) is 0 Å². The average molecular weight is 141 g/mol. The lowest BCUT2D eigenvalue weighted by Gasteiger charge is -2.14. The van der Waals surface area contributed by atoms with Crippen LogP contribution in [0.3, 0.4) is 0 Å². The second-order valence-electron chi connectivity index (χ2n) is 1.74. The zero-order valence-corrected chi connectivity index (χ0v) is 5.88. The van der Waals surface area contributed by atoms with E-state index in [-0.39, 0.29) is 0 Å². The van der Waals surface area contributed by atoms with E-state index in [0.29, 0.717) is 5.11 Å². The lowest BCUT2D eigenvalue weighted by Crippen LogP contribution is -2.38. The Hall–Kier alpha value is -0.900. The highest BCUT2D eigenvalue weighted by Gasteiger charge is 2.05. The number of thiocarbonyl (C=S) groups is 1. The summed E-state index contributed by atoms with van der Waals surface area (Å²) < 4.78 is 0. The smallest absolute Gasteiger partial charge is 0.191 e. The van der Waals surface area contributed by atoms with Gasteiger partial charge in [-0.1, -0.05) is 6.58 Å². The standard InChI is InChI=1S/C5H7N3S/c1-3-4(2)7-8-5(9)6-3/h1H2,2H3,(H2,6,8,9). The summed E-state index contributed by atoms with van der Waals surface area (Å²) in [6.45, 7) is 5.53. The molecule has 0 radical (unpaired) electrons. The molecule has 0 saturated heterocycles. The number of hydrogen-bond acceptors (Lipinski definition) is 2. The van der Waals surface area contributed by atoms with Crippen molar-refractivity contribution >= 4 is 23.0 Å². The fourth-order valence-electron chi connectivity index (χ4n) is 0.458. The van der Waals surface area contributed by atoms with Gasteiger partial charge in [-0.15, -0.1) is 0 Å². The van der Waals surface area contributed by atoms with E-state index >= 15 is 0 Å². The first kappa shape index (κ1) is 6.22. The number of hydrazone groups is 1. The zero-order valence-electron chi connectivity index (χ0n) is 5.06. The maximum Gasteiger partial charge on any atom is 0.191 e. The van der Waals surface area contributed by atoms with Crippen molar-refractivity contribution in [3.05, 3.63) is 12.3 Å². The Labute approximate surface area is 58.8 Å². The topological polar surface area (TPSA) is 36.4 Å². The summed E-state index contributed by atoms with van der Waals surface area (Å²) in [5, 5.41) is 7.18. The molecule has 0 bridgehead atoms. The molecule has 1 aliphatic rings. The number of nitrogens with one attached hydrogen (secondary N) is 2. The number of hydrogen-bond donors (Lipinski definition) is 2. The van der Waals surface area contributed by atoms with Crippen LogP contribution in [0.15, 0.2) is 17.4 Å². The molecule has 0 aromatic rings. The van der Waals surface area contributed by atoms with Crippen LogP contribution in [0.4, 0.5) is 0 Å². The molecular formula is C5H7N3S. The monoisotopic (exact) mass is 141 g/mol. The van der Waals surface area contributed by atoms with Crippen molar-refractivity contribution in [1.82, 2.24) is 10.7 Å². The summed E-state index contributed by atoms with van der Waals surface area (Å²) >= 11 is 4.75. The molecule has 1 rings (SSSR count). The van der Waals surface area contributed by atoms with Gasteiger partial charge in [0.05, 0.1) is 11.4 Å². The maximum atomic E-state index is 4.75. The van der Waals surface area contributed by atoms with E-state index in [1.165, 1.54) is 0 Å². The molecule has 0 fully saturated rings. The van der Waals surface area contributed by atoms with Crippen molar-refractivity contribution in [3.63, 3.8) is 0 Å². The Balaban J connectivity index is 2.79. The Bertz CT molecular complexity index is 194. The molecule has 4 heteroatoms. The van der Waals surface area contributed by atoms with E-state index in [1.54, 1.807) is 0 Å². The first-order valence-electron chi connectivity index (χ1n) is 2.50. The predicted molar refractivity (Wildman–Crippen MR) is 41.1 cm³/mol. The van der Waals surface area contributed by atoms with Crippen molar-refractivity contribution in [2.24, 2.45) is 5.10 Å². The molecule has 0 aromatic heterocycles. The van der Waals surface area contributed by atoms with Crippen LogP contribution in [0.2, 0.25) is 0 Å². The first-order valence-corrected chi connectivity index (χ1v) is 2.91. The zero-order chi connectivity index (χ0) is 6.85. The van der Waals surface area contributed by atoms with Crippen LogP contribution in [0.1, 0.15) is 6.92 Å². The van der Waals surface area contributed by atoms with E-state index in [4.69, 9.17) is 12.2 Å². The minimum Gasteiger partial charge on any atom is -0.330 e. The quantitative estimate of drug-likeness (QED) is 0.478. The highest BCUT2D eigenvalue weighted by Crippen LogP contribution is 1.93. The third kappa shape index (κ3) is 1.26. The minimum atomic E-state index is 0.505. The molecule has 0 spiro atoms. The highest BCUT2D eigenvalue weighted by molar-refractivity contribution is 7.80. The molecular weight excluding hydrogens is 134 g/mol. The van der Waals surface area contributed by atoms with Gasteiger partial charge in [0.25, 0.3) is 0 Å². The third-order valence-electron chi connectivity index (χ3n) is 1.03. The number of allylic oxidation sites excluding steroid dienone is 1. The van der Waals surface area contributed by atoms with Crippen molar-refractivity contribution in [2.75, 3.05) is 0 Å². The fraction of sp³-hybridized carbons (Fsp3) is 0.200. The summed E-state index contributed by atoms with van der Waals surface area (Å²) in [6, 6.07) is 0. The summed E-state index contributed by atoms with van der Waals surface area (Å²) in [7, 11) is 0. The van der Waals surface area contributed by atoms with E-state index in [0.717, 1.165) is 11.4 Å². The van der Waals surface area contributed by atoms with Crippen LogP contribution in [-0.2, 0) is 0 Å². The summed E-state index contributed by atoms with van der Waals surface area (Å²) in [4.78, 5) is 0. The van der Waals surface area contributed by atoms with Crippen LogP contribution in [-0.4, -0.2) is 10.8 Å². The molecule has 1 heterocycles. The fourth-order valence-corrected chi connectivity index (χ4v) is 0.626. The van der Waals surface area contributed by atoms with Crippen LogP contribution >= 0.6 is 12.2 Å². The molecule has 0 aromatic carbocycles. The lowest BCUT2D eigenvalue weighted by atomic mass is 10.3. The maximum absolute atomic E-state index is 4.75. The molecule has 48 valence electrons. The van der Waals surface area contributed by atoms with E-state index < -0.39 is 0 Å². The molecule has 3 nitrogen and oxygen atoms in total. The molecule has 9 heavy (non-hydrogen) atoms. The van der Waals surface area contributed by atoms with Gasteiger partial charge in [0.2, 0.25) is 0 Å². The summed E-state index contributed by atoms with van der Waals surface area (Å²) in [6.07, 6.45) is 0. The number of nitrogens with zero attached hydrogens (tertiary/aromatic N) is 1. The largest absolute Gasteiger partial charge is 0.330 e. The van der Waals surface area contributed by atoms with E-state index in [9.17, 15) is 0 Å². The molecule has 0 aliphatic carbocycles. The van der Waals surface area contributed by atoms with E-state index in [2.05, 4.69) is 22.4 Å². The second kappa shape index (κ2) is 2.14. The first-order chi connectivity index (χ1) is 4.20. The minimum absolute atomic E-state index is 0.505. The molecule has 0 saturated carbocycles. The normalized spacial score (nSPS) is 18.1. The van der Waals surface area contributed by atoms with Crippen molar-refractivity contribution in [2.45, 2.75) is 6.92 Å². The van der Waals surface area contributed by atoms with Gasteiger partial charge >= 0.3 is 0 Å². The SMILES string of the molecule is C=C1NC(=S)NN=C1C. The van der Waals surface area contributed by atoms with Crippen LogP contribution < -0.4 is 10.7 Å². The van der Waals surface area contributed by atoms with Crippen molar-refractivity contribution in [3.8, 4) is 0 Å². The van der Waals surface area contributed by atoms with Gasteiger partial charge in [0.15, 0.2) is 5.11 Å². The van der Waals surface area contributed by atoms with Gasteiger partial charge in [0, 0.05) is 0 Å². The lowest BCUT2D eigenvalue weighted by molar-refractivity contribution is 0.946. The molecule has 1 aliphatic heterocycles.